The molecule has 0 aliphatic carbocycles. The van der Waals surface area contributed by atoms with Crippen LogP contribution in [0, 0.1) is 0 Å². The fourth-order valence-corrected chi connectivity index (χ4v) is 0.897. The van der Waals surface area contributed by atoms with Crippen molar-refractivity contribution < 1.29 is 4.39 Å². The van der Waals surface area contributed by atoms with E-state index in [1.54, 1.807) is 11.0 Å². The summed E-state index contributed by atoms with van der Waals surface area (Å²) in [6.45, 7) is 0.284. The molecule has 0 spiro atoms. The van der Waals surface area contributed by atoms with Gasteiger partial charge in [0.25, 0.3) is 0 Å². The monoisotopic (exact) mass is 207 g/mol. The van der Waals surface area contributed by atoms with Crippen molar-refractivity contribution in [3.8, 4) is 0 Å². The van der Waals surface area contributed by atoms with Gasteiger partial charge in [-0.1, -0.05) is 0 Å². The molecule has 1 aromatic heterocycles. The molecule has 1 rings (SSSR count). The quantitative estimate of drug-likeness (QED) is 0.751. The average Bonchev–Trinajstić information content (AvgIpc) is 2.31. The van der Waals surface area contributed by atoms with E-state index in [1.807, 2.05) is 0 Å². The first-order valence-corrected chi connectivity index (χ1v) is 3.73. The topological polar surface area (TPSA) is 30.7 Å². The second-order valence-electron chi connectivity index (χ2n) is 1.82. The minimum atomic E-state index is -0.308. The molecule has 56 valence electrons. The number of hydrogen-bond donors (Lipinski definition) is 0. The minimum absolute atomic E-state index is 0.308. The lowest BCUT2D eigenvalue weighted by Gasteiger charge is -1.93. The zero-order chi connectivity index (χ0) is 7.40. The first-order chi connectivity index (χ1) is 4.83. The molecular formula is C5H7BrFN3. The number of aromatic nitrogens is 3. The van der Waals surface area contributed by atoms with Gasteiger partial charge in [-0.3, -0.25) is 9.07 Å². The van der Waals surface area contributed by atoms with Crippen molar-refractivity contribution in [1.29, 1.82) is 0 Å². The standard InChI is InChI=1S/C5H7BrFN3/c6-5-8-4-10(9-5)3-1-2-7/h4H,1-3H2. The Labute approximate surface area is 66.4 Å². The summed E-state index contributed by atoms with van der Waals surface area (Å²) in [5, 5.41) is 3.90. The van der Waals surface area contributed by atoms with E-state index in [9.17, 15) is 4.39 Å². The van der Waals surface area contributed by atoms with Gasteiger partial charge in [0.2, 0.25) is 4.73 Å². The van der Waals surface area contributed by atoms with Crippen LogP contribution < -0.4 is 0 Å². The van der Waals surface area contributed by atoms with Crippen molar-refractivity contribution in [2.45, 2.75) is 13.0 Å². The molecule has 0 fully saturated rings. The number of halogens is 2. The predicted molar refractivity (Wildman–Crippen MR) is 38.3 cm³/mol. The lowest BCUT2D eigenvalue weighted by Crippen LogP contribution is -1.98. The number of hydrogen-bond acceptors (Lipinski definition) is 2. The molecule has 3 nitrogen and oxygen atoms in total. The summed E-state index contributed by atoms with van der Waals surface area (Å²) in [6, 6.07) is 0. The van der Waals surface area contributed by atoms with Gasteiger partial charge in [-0.2, -0.15) is 0 Å². The van der Waals surface area contributed by atoms with Crippen LogP contribution in [-0.2, 0) is 6.54 Å². The van der Waals surface area contributed by atoms with Gasteiger partial charge in [-0.25, -0.2) is 4.98 Å². The molecule has 0 saturated heterocycles. The van der Waals surface area contributed by atoms with Crippen LogP contribution >= 0.6 is 15.9 Å². The molecule has 10 heavy (non-hydrogen) atoms. The Morgan fingerprint density at radius 2 is 2.50 bits per heavy atom. The molecule has 1 heterocycles. The van der Waals surface area contributed by atoms with Crippen molar-refractivity contribution in [3.05, 3.63) is 11.1 Å². The molecule has 0 atom stereocenters. The number of nitrogens with zero attached hydrogens (tertiary/aromatic N) is 3. The smallest absolute Gasteiger partial charge is 0.217 e. The zero-order valence-electron chi connectivity index (χ0n) is 5.30. The lowest BCUT2D eigenvalue weighted by atomic mass is 10.5. The normalized spacial score (nSPS) is 10.2. The summed E-state index contributed by atoms with van der Waals surface area (Å²) in [5.41, 5.74) is 0. The highest BCUT2D eigenvalue weighted by Gasteiger charge is 1.94. The molecule has 0 N–H and O–H groups in total. The molecule has 0 aliphatic heterocycles. The molecule has 0 aliphatic rings. The van der Waals surface area contributed by atoms with Gasteiger partial charge in [0.05, 0.1) is 6.67 Å². The predicted octanol–water partition coefficient (Wildman–Crippen LogP) is 1.40. The third-order valence-corrected chi connectivity index (χ3v) is 1.39. The van der Waals surface area contributed by atoms with Crippen LogP contribution in [0.5, 0.6) is 0 Å². The van der Waals surface area contributed by atoms with E-state index in [1.165, 1.54) is 0 Å². The molecular weight excluding hydrogens is 201 g/mol. The highest BCUT2D eigenvalue weighted by molar-refractivity contribution is 9.10. The van der Waals surface area contributed by atoms with Crippen LogP contribution in [0.1, 0.15) is 6.42 Å². The minimum Gasteiger partial charge on any atom is -0.252 e. The maximum Gasteiger partial charge on any atom is 0.217 e. The van der Waals surface area contributed by atoms with E-state index in [-0.39, 0.29) is 6.67 Å². The Hall–Kier alpha value is -0.450. The Morgan fingerprint density at radius 1 is 1.70 bits per heavy atom. The van der Waals surface area contributed by atoms with Crippen molar-refractivity contribution in [1.82, 2.24) is 14.8 Å². The van der Waals surface area contributed by atoms with Crippen molar-refractivity contribution in [2.24, 2.45) is 0 Å². The van der Waals surface area contributed by atoms with Crippen LogP contribution in [0.15, 0.2) is 11.1 Å². The SMILES string of the molecule is FCCCn1cnc(Br)n1. The van der Waals surface area contributed by atoms with E-state index in [0.717, 1.165) is 0 Å². The van der Waals surface area contributed by atoms with E-state index < -0.39 is 0 Å². The fraction of sp³-hybridized carbons (Fsp3) is 0.600. The zero-order valence-corrected chi connectivity index (χ0v) is 6.88. The Kier molecular flexibility index (Phi) is 2.80. The summed E-state index contributed by atoms with van der Waals surface area (Å²) >= 11 is 3.09. The van der Waals surface area contributed by atoms with Gasteiger partial charge in [0.15, 0.2) is 0 Å². The van der Waals surface area contributed by atoms with E-state index in [2.05, 4.69) is 26.0 Å². The van der Waals surface area contributed by atoms with Gasteiger partial charge < -0.3 is 0 Å². The number of rotatable bonds is 3. The van der Waals surface area contributed by atoms with E-state index in [4.69, 9.17) is 0 Å². The maximum absolute atomic E-state index is 11.6. The third kappa shape index (κ3) is 2.06. The van der Waals surface area contributed by atoms with Crippen LogP contribution in [0.2, 0.25) is 0 Å². The summed E-state index contributed by atoms with van der Waals surface area (Å²) in [4.78, 5) is 3.82. The third-order valence-electron chi connectivity index (χ3n) is 1.03. The van der Waals surface area contributed by atoms with E-state index in [0.29, 0.717) is 17.7 Å². The van der Waals surface area contributed by atoms with E-state index >= 15 is 0 Å². The van der Waals surface area contributed by atoms with Crippen LogP contribution in [-0.4, -0.2) is 21.4 Å². The Morgan fingerprint density at radius 3 is 3.00 bits per heavy atom. The summed E-state index contributed by atoms with van der Waals surface area (Å²) in [5.74, 6) is 0. The molecule has 5 heteroatoms. The average molecular weight is 208 g/mol. The molecule has 0 amide bonds. The molecule has 1 aromatic rings. The van der Waals surface area contributed by atoms with Gasteiger partial charge >= 0.3 is 0 Å². The Balaban J connectivity index is 2.42. The van der Waals surface area contributed by atoms with Crippen LogP contribution in [0.25, 0.3) is 0 Å². The summed E-state index contributed by atoms with van der Waals surface area (Å²) < 4.78 is 13.8. The first kappa shape index (κ1) is 7.65. The van der Waals surface area contributed by atoms with Crippen molar-refractivity contribution >= 4 is 15.9 Å². The molecule has 0 bridgehead atoms. The van der Waals surface area contributed by atoms with Gasteiger partial charge in [0.1, 0.15) is 6.33 Å². The summed E-state index contributed by atoms with van der Waals surface area (Å²) in [6.07, 6.45) is 2.07. The maximum atomic E-state index is 11.6. The lowest BCUT2D eigenvalue weighted by molar-refractivity contribution is 0.434. The second-order valence-corrected chi connectivity index (χ2v) is 2.53. The largest absolute Gasteiger partial charge is 0.252 e. The fourth-order valence-electron chi connectivity index (χ4n) is 0.601. The molecule has 0 saturated carbocycles. The van der Waals surface area contributed by atoms with Crippen LogP contribution in [0.4, 0.5) is 4.39 Å². The molecule has 0 radical (unpaired) electrons. The Bertz CT molecular complexity index is 201. The highest BCUT2D eigenvalue weighted by atomic mass is 79.9. The number of aryl methyl sites for hydroxylation is 1. The summed E-state index contributed by atoms with van der Waals surface area (Å²) in [7, 11) is 0. The van der Waals surface area contributed by atoms with Crippen LogP contribution in [0.3, 0.4) is 0 Å². The molecule has 0 aromatic carbocycles. The van der Waals surface area contributed by atoms with Crippen molar-refractivity contribution in [2.75, 3.05) is 6.67 Å². The highest BCUT2D eigenvalue weighted by Crippen LogP contribution is 1.99. The van der Waals surface area contributed by atoms with Gasteiger partial charge in [0, 0.05) is 6.54 Å². The number of alkyl halides is 1. The van der Waals surface area contributed by atoms with Gasteiger partial charge in [-0.05, 0) is 22.4 Å². The van der Waals surface area contributed by atoms with Gasteiger partial charge in [-0.15, -0.1) is 5.10 Å². The van der Waals surface area contributed by atoms with Crippen molar-refractivity contribution in [3.63, 3.8) is 0 Å². The second kappa shape index (κ2) is 3.65. The molecule has 0 unspecified atom stereocenters. The first-order valence-electron chi connectivity index (χ1n) is 2.94.